The first-order chi connectivity index (χ1) is 11.4. The third-order valence-corrected chi connectivity index (χ3v) is 6.34. The summed E-state index contributed by atoms with van der Waals surface area (Å²) in [7, 11) is -3.71. The van der Waals surface area contributed by atoms with Crippen molar-refractivity contribution in [3.8, 4) is 0 Å². The summed E-state index contributed by atoms with van der Waals surface area (Å²) in [5.74, 6) is -0.591. The minimum Gasteiger partial charge on any atom is -0.339 e. The predicted octanol–water partition coefficient (Wildman–Crippen LogP) is 0.659. The second-order valence-electron chi connectivity index (χ2n) is 5.92. The van der Waals surface area contributed by atoms with E-state index in [-0.39, 0.29) is 19.0 Å². The van der Waals surface area contributed by atoms with Crippen molar-refractivity contribution in [2.24, 2.45) is 0 Å². The summed E-state index contributed by atoms with van der Waals surface area (Å²) >= 11 is 3.38. The second kappa shape index (κ2) is 6.81. The van der Waals surface area contributed by atoms with Crippen LogP contribution in [0.1, 0.15) is 18.4 Å². The summed E-state index contributed by atoms with van der Waals surface area (Å²) in [6.07, 6.45) is 1.91. The van der Waals surface area contributed by atoms with E-state index in [4.69, 9.17) is 0 Å². The van der Waals surface area contributed by atoms with Crippen LogP contribution in [-0.2, 0) is 26.2 Å². The van der Waals surface area contributed by atoms with Crippen LogP contribution < -0.4 is 4.72 Å². The van der Waals surface area contributed by atoms with Crippen molar-refractivity contribution < 1.29 is 18.0 Å². The van der Waals surface area contributed by atoms with Crippen molar-refractivity contribution in [1.82, 2.24) is 13.9 Å². The Bertz CT molecular complexity index is 750. The average Bonchev–Trinajstić information content (AvgIpc) is 2.78. The highest BCUT2D eigenvalue weighted by Crippen LogP contribution is 2.20. The van der Waals surface area contributed by atoms with Gasteiger partial charge in [-0.2, -0.15) is 12.7 Å². The molecule has 0 saturated carbocycles. The molecule has 1 N–H and O–H groups in total. The van der Waals surface area contributed by atoms with Gasteiger partial charge in [0, 0.05) is 30.5 Å². The molecule has 1 aromatic rings. The fourth-order valence-electron chi connectivity index (χ4n) is 3.00. The molecule has 3 rings (SSSR count). The fraction of sp³-hybridized carbons (Fsp3) is 0.467. The van der Waals surface area contributed by atoms with Gasteiger partial charge in [0.25, 0.3) is 5.91 Å². The average molecular weight is 416 g/mol. The Morgan fingerprint density at radius 2 is 1.96 bits per heavy atom. The van der Waals surface area contributed by atoms with Gasteiger partial charge in [-0.1, -0.05) is 28.1 Å². The zero-order valence-electron chi connectivity index (χ0n) is 12.9. The van der Waals surface area contributed by atoms with Crippen LogP contribution in [0.25, 0.3) is 0 Å². The molecule has 1 atom stereocenters. The number of hydrogen-bond donors (Lipinski definition) is 1. The Morgan fingerprint density at radius 1 is 1.25 bits per heavy atom. The Morgan fingerprint density at radius 3 is 2.67 bits per heavy atom. The van der Waals surface area contributed by atoms with E-state index >= 15 is 0 Å². The number of fused-ring (bicyclic) bond motifs is 1. The van der Waals surface area contributed by atoms with E-state index < -0.39 is 22.2 Å². The highest BCUT2D eigenvalue weighted by atomic mass is 79.9. The molecule has 0 aromatic heterocycles. The standard InChI is InChI=1S/C15H18BrN3O4S/c16-12-6-4-11(5-7-12)2-1-3-14(20)18-8-9-19-13(10-18)15(21)17-24(19,22)23/h4-7,13H,1-3,8-10H2,(H,17,21). The summed E-state index contributed by atoms with van der Waals surface area (Å²) in [6, 6.07) is 7.17. The van der Waals surface area contributed by atoms with Crippen LogP contribution in [0.15, 0.2) is 28.7 Å². The molecule has 0 aliphatic carbocycles. The largest absolute Gasteiger partial charge is 0.339 e. The Kier molecular flexibility index (Phi) is 4.93. The van der Waals surface area contributed by atoms with Crippen LogP contribution in [-0.4, -0.2) is 55.1 Å². The van der Waals surface area contributed by atoms with Crippen molar-refractivity contribution in [1.29, 1.82) is 0 Å². The molecule has 1 unspecified atom stereocenters. The SMILES string of the molecule is O=C1NS(=O)(=O)N2CCN(C(=O)CCCc3ccc(Br)cc3)CC12. The van der Waals surface area contributed by atoms with E-state index in [0.717, 1.165) is 27.2 Å². The monoisotopic (exact) mass is 415 g/mol. The molecule has 2 aliphatic heterocycles. The van der Waals surface area contributed by atoms with Crippen LogP contribution in [0.3, 0.4) is 0 Å². The van der Waals surface area contributed by atoms with E-state index in [1.165, 1.54) is 0 Å². The van der Waals surface area contributed by atoms with Gasteiger partial charge < -0.3 is 4.90 Å². The lowest BCUT2D eigenvalue weighted by molar-refractivity contribution is -0.134. The van der Waals surface area contributed by atoms with Gasteiger partial charge in [-0.05, 0) is 30.5 Å². The van der Waals surface area contributed by atoms with E-state index in [2.05, 4.69) is 15.9 Å². The number of halogens is 1. The minimum absolute atomic E-state index is 0.0381. The molecule has 24 heavy (non-hydrogen) atoms. The number of piperazine rings is 1. The Labute approximate surface area is 149 Å². The zero-order chi connectivity index (χ0) is 17.3. The lowest BCUT2D eigenvalue weighted by Crippen LogP contribution is -2.54. The third kappa shape index (κ3) is 3.62. The highest BCUT2D eigenvalue weighted by Gasteiger charge is 2.47. The molecule has 130 valence electrons. The summed E-state index contributed by atoms with van der Waals surface area (Å²) in [5.41, 5.74) is 1.16. The zero-order valence-corrected chi connectivity index (χ0v) is 15.3. The Hall–Kier alpha value is -1.45. The molecular formula is C15H18BrN3O4S. The number of nitrogens with zero attached hydrogens (tertiary/aromatic N) is 2. The minimum atomic E-state index is -3.71. The van der Waals surface area contributed by atoms with Crippen molar-refractivity contribution >= 4 is 38.0 Å². The fourth-order valence-corrected chi connectivity index (χ4v) is 4.59. The van der Waals surface area contributed by atoms with E-state index in [1.807, 2.05) is 29.0 Å². The molecule has 2 fully saturated rings. The van der Waals surface area contributed by atoms with Gasteiger partial charge in [0.15, 0.2) is 0 Å². The first-order valence-corrected chi connectivity index (χ1v) is 9.96. The topological polar surface area (TPSA) is 86.8 Å². The summed E-state index contributed by atoms with van der Waals surface area (Å²) in [4.78, 5) is 25.6. The molecule has 7 nitrogen and oxygen atoms in total. The predicted molar refractivity (Wildman–Crippen MR) is 91.2 cm³/mol. The van der Waals surface area contributed by atoms with E-state index in [0.29, 0.717) is 13.0 Å². The number of carbonyl (C=O) groups excluding carboxylic acids is 2. The van der Waals surface area contributed by atoms with Crippen LogP contribution in [0, 0.1) is 0 Å². The molecule has 0 bridgehead atoms. The maximum atomic E-state index is 12.3. The molecule has 2 heterocycles. The number of carbonyl (C=O) groups is 2. The summed E-state index contributed by atoms with van der Waals surface area (Å²) in [6.45, 7) is 0.605. The quantitative estimate of drug-likeness (QED) is 0.782. The summed E-state index contributed by atoms with van der Waals surface area (Å²) in [5, 5.41) is 0. The number of aryl methyl sites for hydroxylation is 1. The van der Waals surface area contributed by atoms with Gasteiger partial charge in [0.05, 0.1) is 0 Å². The molecule has 0 radical (unpaired) electrons. The van der Waals surface area contributed by atoms with Crippen molar-refractivity contribution in [2.75, 3.05) is 19.6 Å². The van der Waals surface area contributed by atoms with Crippen molar-refractivity contribution in [3.63, 3.8) is 0 Å². The number of nitrogens with one attached hydrogen (secondary N) is 1. The number of rotatable bonds is 4. The van der Waals surface area contributed by atoms with Gasteiger partial charge in [-0.25, -0.2) is 4.72 Å². The maximum Gasteiger partial charge on any atom is 0.304 e. The van der Waals surface area contributed by atoms with Crippen molar-refractivity contribution in [2.45, 2.75) is 25.3 Å². The van der Waals surface area contributed by atoms with Crippen LogP contribution in [0.5, 0.6) is 0 Å². The van der Waals surface area contributed by atoms with E-state index in [1.54, 1.807) is 4.90 Å². The Balaban J connectivity index is 1.51. The highest BCUT2D eigenvalue weighted by molar-refractivity contribution is 9.10. The van der Waals surface area contributed by atoms with Crippen LogP contribution in [0.2, 0.25) is 0 Å². The number of benzene rings is 1. The third-order valence-electron chi connectivity index (χ3n) is 4.29. The number of hydrogen-bond acceptors (Lipinski definition) is 4. The lowest BCUT2D eigenvalue weighted by Gasteiger charge is -2.34. The van der Waals surface area contributed by atoms with Gasteiger partial charge >= 0.3 is 10.2 Å². The van der Waals surface area contributed by atoms with E-state index in [9.17, 15) is 18.0 Å². The van der Waals surface area contributed by atoms with Gasteiger partial charge in [-0.3, -0.25) is 9.59 Å². The van der Waals surface area contributed by atoms with Crippen LogP contribution >= 0.6 is 15.9 Å². The van der Waals surface area contributed by atoms with Gasteiger partial charge in [0.2, 0.25) is 5.91 Å². The molecule has 9 heteroatoms. The molecule has 1 aromatic carbocycles. The molecule has 0 spiro atoms. The normalized spacial score (nSPS) is 23.0. The molecule has 2 amide bonds. The molecule has 2 aliphatic rings. The van der Waals surface area contributed by atoms with Gasteiger partial charge in [0.1, 0.15) is 6.04 Å². The first-order valence-electron chi connectivity index (χ1n) is 7.72. The summed E-state index contributed by atoms with van der Waals surface area (Å²) < 4.78 is 27.6. The molecular weight excluding hydrogens is 398 g/mol. The maximum absolute atomic E-state index is 12.3. The number of amides is 2. The lowest BCUT2D eigenvalue weighted by atomic mass is 10.1. The van der Waals surface area contributed by atoms with Gasteiger partial charge in [-0.15, -0.1) is 0 Å². The van der Waals surface area contributed by atoms with Crippen molar-refractivity contribution in [3.05, 3.63) is 34.3 Å². The molecule has 2 saturated heterocycles. The van der Waals surface area contributed by atoms with Crippen LogP contribution in [0.4, 0.5) is 0 Å². The first kappa shape index (κ1) is 17.4. The smallest absolute Gasteiger partial charge is 0.304 e. The second-order valence-corrected chi connectivity index (χ2v) is 8.46.